The molecule has 0 spiro atoms. The summed E-state index contributed by atoms with van der Waals surface area (Å²) in [5.74, 6) is 0.896. The molecule has 1 aliphatic rings. The van der Waals surface area contributed by atoms with Crippen LogP contribution >= 0.6 is 0 Å². The largest absolute Gasteiger partial charge is 0.492 e. The lowest BCUT2D eigenvalue weighted by Gasteiger charge is -2.26. The summed E-state index contributed by atoms with van der Waals surface area (Å²) in [6, 6.07) is 7.69. The van der Waals surface area contributed by atoms with Crippen LogP contribution in [0.5, 0.6) is 5.75 Å². The number of ether oxygens (including phenoxy) is 1. The summed E-state index contributed by atoms with van der Waals surface area (Å²) in [6.07, 6.45) is 2.73. The smallest absolute Gasteiger partial charge is 0.170 e. The summed E-state index contributed by atoms with van der Waals surface area (Å²) >= 11 is 0. The van der Waals surface area contributed by atoms with Gasteiger partial charge in [-0.1, -0.05) is 0 Å². The molecule has 1 aliphatic heterocycles. The first-order valence-corrected chi connectivity index (χ1v) is 6.37. The number of piperazine rings is 1. The first-order valence-electron chi connectivity index (χ1n) is 6.37. The van der Waals surface area contributed by atoms with Crippen LogP contribution in [-0.4, -0.2) is 44.2 Å². The minimum atomic E-state index is 0.729. The van der Waals surface area contributed by atoms with Crippen LogP contribution in [0.25, 0.3) is 11.0 Å². The fraction of sp³-hybridized carbons (Fsp3) is 0.429. The third-order valence-corrected chi connectivity index (χ3v) is 3.25. The Morgan fingerprint density at radius 3 is 3.11 bits per heavy atom. The Hall–Kier alpha value is -1.52. The normalized spacial score (nSPS) is 17.1. The van der Waals surface area contributed by atoms with E-state index in [1.165, 1.54) is 0 Å². The third kappa shape index (κ3) is 2.66. The second kappa shape index (κ2) is 5.42. The highest BCUT2D eigenvalue weighted by atomic mass is 16.5. The number of hydrogen-bond acceptors (Lipinski definition) is 4. The van der Waals surface area contributed by atoms with Gasteiger partial charge in [0.25, 0.3) is 0 Å². The van der Waals surface area contributed by atoms with E-state index < -0.39 is 0 Å². The van der Waals surface area contributed by atoms with Crippen LogP contribution in [0.3, 0.4) is 0 Å². The Labute approximate surface area is 107 Å². The summed E-state index contributed by atoms with van der Waals surface area (Å²) in [7, 11) is 0. The van der Waals surface area contributed by atoms with Crippen LogP contribution < -0.4 is 10.1 Å². The maximum Gasteiger partial charge on any atom is 0.170 e. The Bertz CT molecular complexity index is 503. The van der Waals surface area contributed by atoms with Crippen molar-refractivity contribution in [2.45, 2.75) is 0 Å². The highest BCUT2D eigenvalue weighted by Crippen LogP contribution is 2.21. The van der Waals surface area contributed by atoms with Gasteiger partial charge < -0.3 is 14.5 Å². The van der Waals surface area contributed by atoms with Crippen molar-refractivity contribution in [1.29, 1.82) is 0 Å². The average Bonchev–Trinajstić information content (AvgIpc) is 2.87. The summed E-state index contributed by atoms with van der Waals surface area (Å²) in [4.78, 5) is 2.42. The van der Waals surface area contributed by atoms with Crippen LogP contribution in [0.1, 0.15) is 0 Å². The van der Waals surface area contributed by atoms with Crippen LogP contribution in [0.4, 0.5) is 0 Å². The molecule has 95 valence electrons. The van der Waals surface area contributed by atoms with Gasteiger partial charge in [-0.2, -0.15) is 0 Å². The lowest BCUT2D eigenvalue weighted by atomic mass is 10.2. The van der Waals surface area contributed by atoms with Gasteiger partial charge in [-0.15, -0.1) is 0 Å². The number of nitrogens with zero attached hydrogens (tertiary/aromatic N) is 1. The molecule has 3 rings (SSSR count). The second-order valence-corrected chi connectivity index (χ2v) is 4.50. The van der Waals surface area contributed by atoms with Gasteiger partial charge in [0.2, 0.25) is 0 Å². The maximum absolute atomic E-state index is 5.77. The Kier molecular flexibility index (Phi) is 3.48. The summed E-state index contributed by atoms with van der Waals surface area (Å²) in [6.45, 7) is 6.09. The molecule has 18 heavy (non-hydrogen) atoms. The molecule has 0 aliphatic carbocycles. The van der Waals surface area contributed by atoms with Gasteiger partial charge in [0.15, 0.2) is 6.26 Å². The topological polar surface area (TPSA) is 37.6 Å². The SMILES string of the molecule is [c]1cc2cc(OCCN3CCNCC3)ccc2o1. The summed E-state index contributed by atoms with van der Waals surface area (Å²) in [5, 5.41) is 4.38. The first-order chi connectivity index (χ1) is 8.92. The first kappa shape index (κ1) is 11.6. The fourth-order valence-corrected chi connectivity index (χ4v) is 2.21. The highest BCUT2D eigenvalue weighted by Gasteiger charge is 2.09. The van der Waals surface area contributed by atoms with Crippen molar-refractivity contribution < 1.29 is 9.15 Å². The molecule has 0 amide bonds. The molecule has 0 atom stereocenters. The molecule has 1 saturated heterocycles. The number of rotatable bonds is 4. The van der Waals surface area contributed by atoms with Crippen LogP contribution in [-0.2, 0) is 0 Å². The minimum Gasteiger partial charge on any atom is -0.492 e. The van der Waals surface area contributed by atoms with Gasteiger partial charge >= 0.3 is 0 Å². The molecule has 0 bridgehead atoms. The highest BCUT2D eigenvalue weighted by molar-refractivity contribution is 5.78. The molecule has 0 unspecified atom stereocenters. The van der Waals surface area contributed by atoms with E-state index in [0.29, 0.717) is 0 Å². The standard InChI is InChI=1S/C14H17N2O2/c1-2-14-12(3-9-18-14)11-13(1)17-10-8-16-6-4-15-5-7-16/h1-3,11,15H,4-8,10H2. The van der Waals surface area contributed by atoms with Crippen LogP contribution in [0.15, 0.2) is 28.7 Å². The number of benzene rings is 1. The second-order valence-electron chi connectivity index (χ2n) is 4.50. The maximum atomic E-state index is 5.77. The molecule has 0 saturated carbocycles. The quantitative estimate of drug-likeness (QED) is 0.886. The van der Waals surface area contributed by atoms with Crippen molar-refractivity contribution in [2.24, 2.45) is 0 Å². The van der Waals surface area contributed by atoms with Crippen LogP contribution in [0, 0.1) is 6.26 Å². The molecule has 2 aromatic rings. The van der Waals surface area contributed by atoms with Crippen molar-refractivity contribution in [2.75, 3.05) is 39.3 Å². The van der Waals surface area contributed by atoms with Crippen molar-refractivity contribution in [3.63, 3.8) is 0 Å². The predicted octanol–water partition coefficient (Wildman–Crippen LogP) is 1.52. The molecular weight excluding hydrogens is 228 g/mol. The summed E-state index contributed by atoms with van der Waals surface area (Å²) < 4.78 is 10.9. The zero-order valence-electron chi connectivity index (χ0n) is 10.3. The monoisotopic (exact) mass is 245 g/mol. The van der Waals surface area contributed by atoms with Gasteiger partial charge in [0, 0.05) is 38.1 Å². The van der Waals surface area contributed by atoms with Crippen molar-refractivity contribution in [3.05, 3.63) is 30.5 Å². The number of hydrogen-bond donors (Lipinski definition) is 1. The van der Waals surface area contributed by atoms with E-state index in [4.69, 9.17) is 9.15 Å². The summed E-state index contributed by atoms with van der Waals surface area (Å²) in [5.41, 5.74) is 0.851. The lowest BCUT2D eigenvalue weighted by Crippen LogP contribution is -2.44. The zero-order valence-corrected chi connectivity index (χ0v) is 10.3. The van der Waals surface area contributed by atoms with Crippen molar-refractivity contribution >= 4 is 11.0 Å². The number of nitrogens with one attached hydrogen (secondary N) is 1. The molecule has 1 aromatic heterocycles. The van der Waals surface area contributed by atoms with E-state index in [2.05, 4.69) is 16.5 Å². The Morgan fingerprint density at radius 2 is 2.22 bits per heavy atom. The van der Waals surface area contributed by atoms with E-state index in [1.807, 2.05) is 24.3 Å². The van der Waals surface area contributed by atoms with Gasteiger partial charge in [-0.25, -0.2) is 0 Å². The van der Waals surface area contributed by atoms with Crippen molar-refractivity contribution in [3.8, 4) is 5.75 Å². The number of fused-ring (bicyclic) bond motifs is 1. The van der Waals surface area contributed by atoms with E-state index in [1.54, 1.807) is 0 Å². The fourth-order valence-electron chi connectivity index (χ4n) is 2.21. The van der Waals surface area contributed by atoms with Gasteiger partial charge in [0.05, 0.1) is 0 Å². The molecule has 1 aromatic carbocycles. The third-order valence-electron chi connectivity index (χ3n) is 3.25. The van der Waals surface area contributed by atoms with Gasteiger partial charge in [-0.05, 0) is 24.3 Å². The van der Waals surface area contributed by atoms with Crippen molar-refractivity contribution in [1.82, 2.24) is 10.2 Å². The number of furan rings is 1. The van der Waals surface area contributed by atoms with E-state index in [-0.39, 0.29) is 0 Å². The molecule has 1 radical (unpaired) electrons. The average molecular weight is 245 g/mol. The lowest BCUT2D eigenvalue weighted by molar-refractivity contribution is 0.191. The Morgan fingerprint density at radius 1 is 1.33 bits per heavy atom. The van der Waals surface area contributed by atoms with E-state index in [9.17, 15) is 0 Å². The van der Waals surface area contributed by atoms with Crippen LogP contribution in [0.2, 0.25) is 0 Å². The van der Waals surface area contributed by atoms with Gasteiger partial charge in [0.1, 0.15) is 17.9 Å². The van der Waals surface area contributed by atoms with E-state index in [0.717, 1.165) is 56.0 Å². The minimum absolute atomic E-state index is 0.729. The molecule has 4 heteroatoms. The molecule has 1 fully saturated rings. The molecular formula is C14H17N2O2. The molecule has 4 nitrogen and oxygen atoms in total. The Balaban J connectivity index is 1.52. The predicted molar refractivity (Wildman–Crippen MR) is 69.9 cm³/mol. The van der Waals surface area contributed by atoms with E-state index >= 15 is 0 Å². The molecule has 2 heterocycles. The zero-order chi connectivity index (χ0) is 12.2. The molecule has 1 N–H and O–H groups in total. The van der Waals surface area contributed by atoms with Gasteiger partial charge in [-0.3, -0.25) is 4.90 Å².